The maximum Gasteiger partial charge on any atom is 0.338 e. The van der Waals surface area contributed by atoms with E-state index in [0.29, 0.717) is 37.8 Å². The van der Waals surface area contributed by atoms with Crippen molar-refractivity contribution in [2.75, 3.05) is 20.0 Å². The number of carbonyl (C=O) groups is 1. The fourth-order valence-electron chi connectivity index (χ4n) is 4.77. The van der Waals surface area contributed by atoms with Gasteiger partial charge in [0.05, 0.1) is 28.5 Å². The molecule has 2 aliphatic heterocycles. The van der Waals surface area contributed by atoms with Gasteiger partial charge in [-0.15, -0.1) is 0 Å². The lowest BCUT2D eigenvalue weighted by Gasteiger charge is -2.26. The summed E-state index contributed by atoms with van der Waals surface area (Å²) in [4.78, 5) is 32.9. The highest BCUT2D eigenvalue weighted by Crippen LogP contribution is 2.40. The summed E-state index contributed by atoms with van der Waals surface area (Å²) in [7, 11) is 0. The molecule has 10 heteroatoms. The maximum absolute atomic E-state index is 14.0. The molecule has 3 heterocycles. The molecule has 0 unspecified atom stereocenters. The zero-order chi connectivity index (χ0) is 28.3. The average Bonchev–Trinajstić information content (AvgIpc) is 3.60. The largest absolute Gasteiger partial charge is 0.479 e. The van der Waals surface area contributed by atoms with Crippen LogP contribution in [0.15, 0.2) is 88.2 Å². The highest BCUT2D eigenvalue weighted by molar-refractivity contribution is 7.07. The van der Waals surface area contributed by atoms with E-state index in [4.69, 9.17) is 29.2 Å². The highest BCUT2D eigenvalue weighted by atomic mass is 32.1. The second-order valence-corrected chi connectivity index (χ2v) is 10.1. The Bertz CT molecular complexity index is 1890. The fourth-order valence-corrected chi connectivity index (χ4v) is 5.77. The highest BCUT2D eigenvalue weighted by Gasteiger charge is 2.36. The minimum atomic E-state index is -0.820. The van der Waals surface area contributed by atoms with E-state index in [1.54, 1.807) is 49.4 Å². The number of rotatable bonds is 7. The van der Waals surface area contributed by atoms with Crippen molar-refractivity contribution < 1.29 is 23.7 Å². The molecule has 1 aromatic heterocycles. The Labute approximate surface area is 238 Å². The third-order valence-electron chi connectivity index (χ3n) is 6.57. The van der Waals surface area contributed by atoms with Crippen molar-refractivity contribution in [3.8, 4) is 23.3 Å². The van der Waals surface area contributed by atoms with Crippen LogP contribution in [-0.2, 0) is 9.53 Å². The monoisotopic (exact) mass is 565 g/mol. The lowest BCUT2D eigenvalue weighted by molar-refractivity contribution is -0.138. The topological polar surface area (TPSA) is 112 Å². The molecule has 0 radical (unpaired) electrons. The van der Waals surface area contributed by atoms with Gasteiger partial charge < -0.3 is 18.9 Å². The van der Waals surface area contributed by atoms with Crippen LogP contribution in [0.2, 0.25) is 0 Å². The first-order valence-corrected chi connectivity index (χ1v) is 13.7. The van der Waals surface area contributed by atoms with Gasteiger partial charge in [-0.1, -0.05) is 59.9 Å². The Morgan fingerprint density at radius 1 is 1.12 bits per heavy atom. The van der Waals surface area contributed by atoms with Crippen molar-refractivity contribution in [2.45, 2.75) is 13.0 Å². The quantitative estimate of drug-likeness (QED) is 0.315. The molecule has 0 aliphatic carbocycles. The van der Waals surface area contributed by atoms with Crippen molar-refractivity contribution in [1.82, 2.24) is 4.57 Å². The van der Waals surface area contributed by atoms with E-state index >= 15 is 0 Å². The minimum absolute atomic E-state index is 0.0512. The Morgan fingerprint density at radius 2 is 1.90 bits per heavy atom. The number of hydrogen-bond donors (Lipinski definition) is 0. The molecule has 2 aliphatic rings. The SMILES string of the molecule is CCOC(=O)C1=C(c2ccccc2)N=c2s/c(=C\c3ccc(OCC#N)cc3)c(=O)n2[C@H]1c1ccc2c(c1)OCO2. The summed E-state index contributed by atoms with van der Waals surface area (Å²) in [5.41, 5.74) is 2.56. The number of esters is 1. The Morgan fingerprint density at radius 3 is 2.66 bits per heavy atom. The number of thiazole rings is 1. The molecule has 204 valence electrons. The van der Waals surface area contributed by atoms with Crippen LogP contribution in [0.5, 0.6) is 17.2 Å². The summed E-state index contributed by atoms with van der Waals surface area (Å²) in [5.74, 6) is 1.12. The first kappa shape index (κ1) is 26.1. The maximum atomic E-state index is 14.0. The zero-order valence-electron chi connectivity index (χ0n) is 21.9. The second kappa shape index (κ2) is 11.2. The van der Waals surface area contributed by atoms with E-state index in [-0.39, 0.29) is 31.1 Å². The minimum Gasteiger partial charge on any atom is -0.479 e. The average molecular weight is 566 g/mol. The number of hydrogen-bond acceptors (Lipinski definition) is 9. The van der Waals surface area contributed by atoms with Crippen molar-refractivity contribution in [3.63, 3.8) is 0 Å². The molecule has 0 N–H and O–H groups in total. The van der Waals surface area contributed by atoms with E-state index in [1.165, 1.54) is 15.9 Å². The predicted molar refractivity (Wildman–Crippen MR) is 151 cm³/mol. The third kappa shape index (κ3) is 4.99. The summed E-state index contributed by atoms with van der Waals surface area (Å²) in [6, 6.07) is 23.0. The van der Waals surface area contributed by atoms with Crippen LogP contribution in [0, 0.1) is 11.3 Å². The van der Waals surface area contributed by atoms with Gasteiger partial charge in [0.15, 0.2) is 22.9 Å². The van der Waals surface area contributed by atoms with Gasteiger partial charge >= 0.3 is 5.97 Å². The van der Waals surface area contributed by atoms with Crippen LogP contribution >= 0.6 is 11.3 Å². The van der Waals surface area contributed by atoms with Crippen molar-refractivity contribution in [3.05, 3.63) is 115 Å². The van der Waals surface area contributed by atoms with Gasteiger partial charge in [0.2, 0.25) is 6.79 Å². The number of carbonyl (C=O) groups excluding carboxylic acids is 1. The summed E-state index contributed by atoms with van der Waals surface area (Å²) in [6.07, 6.45) is 1.77. The molecule has 3 aromatic carbocycles. The number of aromatic nitrogens is 1. The molecule has 0 amide bonds. The predicted octanol–water partition coefficient (Wildman–Crippen LogP) is 3.57. The van der Waals surface area contributed by atoms with Crippen LogP contribution in [0.4, 0.5) is 0 Å². The van der Waals surface area contributed by atoms with E-state index in [2.05, 4.69) is 0 Å². The van der Waals surface area contributed by atoms with Gasteiger partial charge in [-0.25, -0.2) is 9.79 Å². The summed E-state index contributed by atoms with van der Waals surface area (Å²) in [6.45, 7) is 1.95. The summed E-state index contributed by atoms with van der Waals surface area (Å²) >= 11 is 1.24. The molecular weight excluding hydrogens is 542 g/mol. The lowest BCUT2D eigenvalue weighted by atomic mass is 9.93. The van der Waals surface area contributed by atoms with Gasteiger partial charge in [-0.05, 0) is 48.4 Å². The van der Waals surface area contributed by atoms with Crippen LogP contribution in [-0.4, -0.2) is 30.5 Å². The van der Waals surface area contributed by atoms with E-state index in [9.17, 15) is 9.59 Å². The van der Waals surface area contributed by atoms with Crippen LogP contribution in [0.3, 0.4) is 0 Å². The zero-order valence-corrected chi connectivity index (χ0v) is 22.7. The lowest BCUT2D eigenvalue weighted by Crippen LogP contribution is -2.40. The van der Waals surface area contributed by atoms with Crippen LogP contribution in [0.25, 0.3) is 11.8 Å². The molecule has 0 saturated carbocycles. The third-order valence-corrected chi connectivity index (χ3v) is 7.55. The molecule has 0 saturated heterocycles. The van der Waals surface area contributed by atoms with Gasteiger partial charge in [-0.3, -0.25) is 9.36 Å². The Kier molecular flexibility index (Phi) is 7.10. The van der Waals surface area contributed by atoms with Crippen LogP contribution in [0.1, 0.15) is 29.7 Å². The van der Waals surface area contributed by atoms with Gasteiger partial charge in [0, 0.05) is 5.56 Å². The van der Waals surface area contributed by atoms with Crippen molar-refractivity contribution >= 4 is 29.1 Å². The van der Waals surface area contributed by atoms with E-state index in [0.717, 1.165) is 11.1 Å². The van der Waals surface area contributed by atoms with Crippen molar-refractivity contribution in [2.24, 2.45) is 4.99 Å². The van der Waals surface area contributed by atoms with Gasteiger partial charge in [0.25, 0.3) is 5.56 Å². The number of nitrogens with zero attached hydrogens (tertiary/aromatic N) is 3. The summed E-state index contributed by atoms with van der Waals surface area (Å²) < 4.78 is 23.9. The normalized spacial score (nSPS) is 15.6. The molecule has 1 atom stereocenters. The van der Waals surface area contributed by atoms with Crippen molar-refractivity contribution in [1.29, 1.82) is 5.26 Å². The smallest absolute Gasteiger partial charge is 0.338 e. The molecule has 0 spiro atoms. The van der Waals surface area contributed by atoms with Gasteiger partial charge in [0.1, 0.15) is 11.8 Å². The number of benzene rings is 3. The molecule has 0 fully saturated rings. The van der Waals surface area contributed by atoms with E-state index < -0.39 is 12.0 Å². The summed E-state index contributed by atoms with van der Waals surface area (Å²) in [5, 5.41) is 8.74. The molecule has 6 rings (SSSR count). The number of fused-ring (bicyclic) bond motifs is 2. The second-order valence-electron chi connectivity index (χ2n) is 9.06. The standard InChI is InChI=1S/C31H23N3O6S/c1-2-37-30(36)26-27(20-6-4-3-5-7-20)33-31-34(28(26)21-10-13-23-24(17-21)40-18-39-23)29(35)25(41-31)16-19-8-11-22(12-9-19)38-15-14-32/h3-13,16-17,28H,2,15,18H2,1H3/b25-16-/t28-/m0/s1. The number of nitriles is 1. The molecule has 41 heavy (non-hydrogen) atoms. The Hall–Kier alpha value is -5.14. The molecular formula is C31H23N3O6S. The number of ether oxygens (including phenoxy) is 4. The van der Waals surface area contributed by atoms with Crippen LogP contribution < -0.4 is 29.1 Å². The molecule has 4 aromatic rings. The fraction of sp³-hybridized carbons (Fsp3) is 0.161. The first-order chi connectivity index (χ1) is 20.1. The molecule has 9 nitrogen and oxygen atoms in total. The van der Waals surface area contributed by atoms with E-state index in [1.807, 2.05) is 42.5 Å². The molecule has 0 bridgehead atoms. The van der Waals surface area contributed by atoms with Gasteiger partial charge in [-0.2, -0.15) is 5.26 Å². The Balaban J connectivity index is 1.57. The first-order valence-electron chi connectivity index (χ1n) is 12.8.